The largest absolute Gasteiger partial charge is 0.397 e. The predicted molar refractivity (Wildman–Crippen MR) is 72.3 cm³/mol. The van der Waals surface area contributed by atoms with Crippen LogP contribution < -0.4 is 12.3 Å². The van der Waals surface area contributed by atoms with E-state index in [4.69, 9.17) is 20.4 Å². The van der Waals surface area contributed by atoms with Crippen LogP contribution in [0.15, 0.2) is 13.2 Å². The van der Waals surface area contributed by atoms with Gasteiger partial charge < -0.3 is 32.7 Å². The van der Waals surface area contributed by atoms with Gasteiger partial charge in [0.25, 0.3) is 0 Å². The summed E-state index contributed by atoms with van der Waals surface area (Å²) in [4.78, 5) is 0. The van der Waals surface area contributed by atoms with Gasteiger partial charge in [0.2, 0.25) is 0 Å². The lowest BCUT2D eigenvalue weighted by Gasteiger charge is -1.52. The minimum Gasteiger partial charge on any atom is -0.397 e. The molecule has 0 aromatic rings. The summed E-state index contributed by atoms with van der Waals surface area (Å²) in [6, 6.07) is 0. The van der Waals surface area contributed by atoms with Crippen LogP contribution >= 0.6 is 0 Å². The third kappa shape index (κ3) is 8440. The molecule has 6 nitrogen and oxygen atoms in total. The summed E-state index contributed by atoms with van der Waals surface area (Å²) in [5.41, 5.74) is 0. The SMILES string of the molecule is C=C.CCO.CCO.CCO.CCO.N.N. The van der Waals surface area contributed by atoms with Gasteiger partial charge in [0.15, 0.2) is 0 Å². The average molecular weight is 246 g/mol. The van der Waals surface area contributed by atoms with Gasteiger partial charge in [0.05, 0.1) is 0 Å². The average Bonchev–Trinajstić information content (AvgIpc) is 2.12. The number of aliphatic hydroxyl groups is 4. The smallest absolute Gasteiger partial charge is 0.0402 e. The lowest BCUT2D eigenvalue weighted by Crippen LogP contribution is -1.57. The summed E-state index contributed by atoms with van der Waals surface area (Å²) < 4.78 is 0. The van der Waals surface area contributed by atoms with Gasteiger partial charge in [-0.3, -0.25) is 0 Å². The van der Waals surface area contributed by atoms with E-state index in [0.29, 0.717) is 0 Å². The third-order valence-corrected chi connectivity index (χ3v) is 0. The molecule has 0 aromatic carbocycles. The molecule has 0 fully saturated rings. The van der Waals surface area contributed by atoms with Crippen molar-refractivity contribution in [3.05, 3.63) is 13.2 Å². The van der Waals surface area contributed by atoms with E-state index in [2.05, 4.69) is 13.2 Å². The van der Waals surface area contributed by atoms with Crippen LogP contribution in [0.1, 0.15) is 27.7 Å². The molecule has 0 bridgehead atoms. The second-order valence-corrected chi connectivity index (χ2v) is 1.26. The van der Waals surface area contributed by atoms with Crippen molar-refractivity contribution in [1.82, 2.24) is 12.3 Å². The van der Waals surface area contributed by atoms with E-state index in [1.165, 1.54) is 0 Å². The first-order chi connectivity index (χ1) is 6.66. The molecule has 0 aromatic heterocycles. The molecular weight excluding hydrogens is 212 g/mol. The van der Waals surface area contributed by atoms with Gasteiger partial charge in [0, 0.05) is 26.4 Å². The number of hydrogen-bond acceptors (Lipinski definition) is 6. The first-order valence-electron chi connectivity index (χ1n) is 4.59. The van der Waals surface area contributed by atoms with E-state index in [-0.39, 0.29) is 38.7 Å². The van der Waals surface area contributed by atoms with Crippen molar-refractivity contribution in [3.63, 3.8) is 0 Å². The predicted octanol–water partition coefficient (Wildman–Crippen LogP) is 1.12. The summed E-state index contributed by atoms with van der Waals surface area (Å²) in [6.07, 6.45) is 0. The van der Waals surface area contributed by atoms with Crippen LogP contribution in [-0.2, 0) is 0 Å². The van der Waals surface area contributed by atoms with Gasteiger partial charge in [-0.25, -0.2) is 0 Å². The highest BCUT2D eigenvalue weighted by Gasteiger charge is 1.35. The fourth-order valence-corrected chi connectivity index (χ4v) is 0. The van der Waals surface area contributed by atoms with Gasteiger partial charge in [0.1, 0.15) is 0 Å². The maximum atomic E-state index is 7.57. The van der Waals surface area contributed by atoms with Crippen molar-refractivity contribution in [2.24, 2.45) is 0 Å². The van der Waals surface area contributed by atoms with Crippen LogP contribution in [0.2, 0.25) is 0 Å². The second kappa shape index (κ2) is 216. The molecule has 10 N–H and O–H groups in total. The van der Waals surface area contributed by atoms with Crippen LogP contribution in [0.4, 0.5) is 0 Å². The van der Waals surface area contributed by atoms with Crippen LogP contribution in [0.3, 0.4) is 0 Å². The zero-order valence-electron chi connectivity index (χ0n) is 11.4. The Balaban J connectivity index is -0.0000000124. The molecule has 16 heavy (non-hydrogen) atoms. The van der Waals surface area contributed by atoms with Gasteiger partial charge in [-0.05, 0) is 27.7 Å². The van der Waals surface area contributed by atoms with Crippen molar-refractivity contribution < 1.29 is 20.4 Å². The summed E-state index contributed by atoms with van der Waals surface area (Å²) >= 11 is 0. The molecule has 0 amide bonds. The monoisotopic (exact) mass is 246 g/mol. The van der Waals surface area contributed by atoms with E-state index >= 15 is 0 Å². The number of hydrogen-bond donors (Lipinski definition) is 6. The molecule has 0 unspecified atom stereocenters. The molecule has 0 aliphatic heterocycles. The van der Waals surface area contributed by atoms with Crippen LogP contribution in [0.5, 0.6) is 0 Å². The molecule has 0 radical (unpaired) electrons. The van der Waals surface area contributed by atoms with Gasteiger partial charge >= 0.3 is 0 Å². The maximum absolute atomic E-state index is 7.57. The highest BCUT2D eigenvalue weighted by atomic mass is 16.3. The van der Waals surface area contributed by atoms with Crippen LogP contribution in [-0.4, -0.2) is 46.9 Å². The maximum Gasteiger partial charge on any atom is 0.0402 e. The highest BCUT2D eigenvalue weighted by Crippen LogP contribution is 1.31. The lowest BCUT2D eigenvalue weighted by atomic mass is 10.9. The quantitative estimate of drug-likeness (QED) is 0.352. The fourth-order valence-electron chi connectivity index (χ4n) is 0. The molecule has 108 valence electrons. The van der Waals surface area contributed by atoms with Crippen molar-refractivity contribution in [3.8, 4) is 0 Å². The molecule has 0 aliphatic rings. The van der Waals surface area contributed by atoms with Crippen LogP contribution in [0, 0.1) is 0 Å². The highest BCUT2D eigenvalue weighted by molar-refractivity contribution is 4.22. The molecule has 0 rings (SSSR count). The summed E-state index contributed by atoms with van der Waals surface area (Å²) in [5, 5.41) is 30.3. The first-order valence-corrected chi connectivity index (χ1v) is 4.59. The molecule has 0 saturated heterocycles. The van der Waals surface area contributed by atoms with E-state index < -0.39 is 0 Å². The fraction of sp³-hybridized carbons (Fsp3) is 0.800. The van der Waals surface area contributed by atoms with Crippen molar-refractivity contribution in [2.75, 3.05) is 26.4 Å². The molecular formula is C10H34N2O4. The Morgan fingerprint density at radius 1 is 0.562 bits per heavy atom. The van der Waals surface area contributed by atoms with Gasteiger partial charge in [-0.15, -0.1) is 13.2 Å². The van der Waals surface area contributed by atoms with E-state index in [0.717, 1.165) is 0 Å². The number of rotatable bonds is 0. The van der Waals surface area contributed by atoms with Crippen LogP contribution in [0.25, 0.3) is 0 Å². The van der Waals surface area contributed by atoms with E-state index in [1.807, 2.05) is 0 Å². The molecule has 0 aliphatic carbocycles. The van der Waals surface area contributed by atoms with Crippen molar-refractivity contribution in [2.45, 2.75) is 27.7 Å². The number of aliphatic hydroxyl groups excluding tert-OH is 4. The van der Waals surface area contributed by atoms with Crippen molar-refractivity contribution in [1.29, 1.82) is 0 Å². The third-order valence-electron chi connectivity index (χ3n) is 0. The summed E-state index contributed by atoms with van der Waals surface area (Å²) in [5.74, 6) is 0. The minimum atomic E-state index is 0. The second-order valence-electron chi connectivity index (χ2n) is 1.26. The molecule has 0 saturated carbocycles. The lowest BCUT2D eigenvalue weighted by molar-refractivity contribution is 0.318. The molecule has 0 heterocycles. The standard InChI is InChI=1S/4C2H6O.C2H4.2H3N/c4*1-2-3;1-2;;/h4*3H,2H2,1H3;1-2H2;2*1H3. The Morgan fingerprint density at radius 3 is 0.562 bits per heavy atom. The van der Waals surface area contributed by atoms with Gasteiger partial charge in [-0.2, -0.15) is 0 Å². The first kappa shape index (κ1) is 45.1. The normalized spacial score (nSPS) is 4.75. The van der Waals surface area contributed by atoms with E-state index in [1.54, 1.807) is 27.7 Å². The topological polar surface area (TPSA) is 151 Å². The van der Waals surface area contributed by atoms with Gasteiger partial charge in [-0.1, -0.05) is 0 Å². The summed E-state index contributed by atoms with van der Waals surface area (Å²) in [6.45, 7) is 13.7. The Kier molecular flexibility index (Phi) is 608. The molecule has 6 heteroatoms. The Morgan fingerprint density at radius 2 is 0.562 bits per heavy atom. The van der Waals surface area contributed by atoms with E-state index in [9.17, 15) is 0 Å². The van der Waals surface area contributed by atoms with Crippen molar-refractivity contribution >= 4 is 0 Å². The zero-order chi connectivity index (χ0) is 12.8. The molecule has 0 atom stereocenters. The molecule has 0 spiro atoms. The Hall–Kier alpha value is -0.500. The zero-order valence-corrected chi connectivity index (χ0v) is 11.4. The Labute approximate surface area is 101 Å². The minimum absolute atomic E-state index is 0. The Bertz CT molecular complexity index is 36.0. The summed E-state index contributed by atoms with van der Waals surface area (Å²) in [7, 11) is 0.